The van der Waals surface area contributed by atoms with E-state index in [1.807, 2.05) is 0 Å². The lowest BCUT2D eigenvalue weighted by Gasteiger charge is -2.38. The van der Waals surface area contributed by atoms with Gasteiger partial charge in [0.25, 0.3) is 0 Å². The first-order chi connectivity index (χ1) is 5.93. The van der Waals surface area contributed by atoms with Crippen LogP contribution < -0.4 is 0 Å². The van der Waals surface area contributed by atoms with Gasteiger partial charge in [0, 0.05) is 6.42 Å². The standard InChI is InChI=1S/C12H20O/c1-9-6-5-7-12(3,4)11(9)8-10(2)13/h6,11H,5,7-8H2,1-4H3/t11-/m0/s1. The summed E-state index contributed by atoms with van der Waals surface area (Å²) >= 11 is 0. The molecule has 0 amide bonds. The highest BCUT2D eigenvalue weighted by molar-refractivity contribution is 5.76. The Hall–Kier alpha value is -0.590. The van der Waals surface area contributed by atoms with Crippen LogP contribution in [-0.2, 0) is 4.79 Å². The van der Waals surface area contributed by atoms with Crippen LogP contribution in [0.4, 0.5) is 0 Å². The number of Topliss-reactive ketones (excluding diaryl/α,β-unsaturated/α-hetero) is 1. The first-order valence-corrected chi connectivity index (χ1v) is 5.09. The van der Waals surface area contributed by atoms with Crippen LogP contribution in [0, 0.1) is 11.3 Å². The number of carbonyl (C=O) groups excluding carboxylic acids is 1. The number of hydrogen-bond donors (Lipinski definition) is 0. The molecule has 1 heteroatoms. The summed E-state index contributed by atoms with van der Waals surface area (Å²) in [6.07, 6.45) is 5.39. The zero-order valence-electron chi connectivity index (χ0n) is 9.18. The van der Waals surface area contributed by atoms with Crippen LogP contribution in [0.2, 0.25) is 0 Å². The van der Waals surface area contributed by atoms with Gasteiger partial charge in [0.1, 0.15) is 5.78 Å². The summed E-state index contributed by atoms with van der Waals surface area (Å²) in [7, 11) is 0. The maximum atomic E-state index is 11.1. The highest BCUT2D eigenvalue weighted by Gasteiger charge is 2.33. The third kappa shape index (κ3) is 2.43. The van der Waals surface area contributed by atoms with Crippen LogP contribution in [0.1, 0.15) is 47.0 Å². The molecule has 0 unspecified atom stereocenters. The van der Waals surface area contributed by atoms with Crippen molar-refractivity contribution in [1.29, 1.82) is 0 Å². The number of carbonyl (C=O) groups is 1. The zero-order chi connectivity index (χ0) is 10.1. The van der Waals surface area contributed by atoms with Gasteiger partial charge in [0.2, 0.25) is 0 Å². The van der Waals surface area contributed by atoms with Crippen molar-refractivity contribution in [3.63, 3.8) is 0 Å². The largest absolute Gasteiger partial charge is 0.300 e. The first kappa shape index (κ1) is 10.5. The average molecular weight is 180 g/mol. The average Bonchev–Trinajstić information content (AvgIpc) is 1.96. The molecule has 74 valence electrons. The molecule has 1 rings (SSSR count). The van der Waals surface area contributed by atoms with Crippen LogP contribution in [0.5, 0.6) is 0 Å². The molecule has 1 nitrogen and oxygen atoms in total. The summed E-state index contributed by atoms with van der Waals surface area (Å²) in [5.41, 5.74) is 1.72. The number of allylic oxidation sites excluding steroid dienone is 2. The Kier molecular flexibility index (Phi) is 2.94. The maximum absolute atomic E-state index is 11.1. The third-order valence-corrected chi connectivity index (χ3v) is 3.24. The van der Waals surface area contributed by atoms with E-state index in [4.69, 9.17) is 0 Å². The normalized spacial score (nSPS) is 26.8. The summed E-state index contributed by atoms with van der Waals surface area (Å²) in [5.74, 6) is 0.784. The van der Waals surface area contributed by atoms with Gasteiger partial charge in [-0.05, 0) is 38.0 Å². The summed E-state index contributed by atoms with van der Waals surface area (Å²) in [4.78, 5) is 11.1. The molecule has 0 saturated carbocycles. The molecule has 1 atom stereocenters. The molecule has 1 aliphatic carbocycles. The molecule has 13 heavy (non-hydrogen) atoms. The minimum absolute atomic E-state index is 0.310. The highest BCUT2D eigenvalue weighted by atomic mass is 16.1. The van der Waals surface area contributed by atoms with E-state index in [0.717, 1.165) is 6.42 Å². The van der Waals surface area contributed by atoms with Crippen LogP contribution in [0.15, 0.2) is 11.6 Å². The van der Waals surface area contributed by atoms with Gasteiger partial charge in [-0.15, -0.1) is 0 Å². The van der Waals surface area contributed by atoms with E-state index in [9.17, 15) is 4.79 Å². The SMILES string of the molecule is CC(=O)C[C@H]1C(C)=CCCC1(C)C. The molecule has 0 aromatic rings. The van der Waals surface area contributed by atoms with Gasteiger partial charge in [0.15, 0.2) is 0 Å². The van der Waals surface area contributed by atoms with Crippen molar-refractivity contribution in [2.75, 3.05) is 0 Å². The van der Waals surface area contributed by atoms with Crippen molar-refractivity contribution >= 4 is 5.78 Å². The van der Waals surface area contributed by atoms with E-state index in [1.54, 1.807) is 6.92 Å². The molecule has 0 aromatic carbocycles. The molecule has 0 fully saturated rings. The molecule has 0 N–H and O–H groups in total. The van der Waals surface area contributed by atoms with Gasteiger partial charge in [-0.25, -0.2) is 0 Å². The summed E-state index contributed by atoms with van der Waals surface area (Å²) in [5, 5.41) is 0. The van der Waals surface area contributed by atoms with Crippen LogP contribution in [0.3, 0.4) is 0 Å². The summed E-state index contributed by atoms with van der Waals surface area (Å²) < 4.78 is 0. The predicted octanol–water partition coefficient (Wildman–Crippen LogP) is 3.35. The topological polar surface area (TPSA) is 17.1 Å². The van der Waals surface area contributed by atoms with Crippen molar-refractivity contribution in [2.24, 2.45) is 11.3 Å². The Bertz CT molecular complexity index is 236. The van der Waals surface area contributed by atoms with E-state index in [1.165, 1.54) is 18.4 Å². The fourth-order valence-electron chi connectivity index (χ4n) is 2.33. The summed E-state index contributed by atoms with van der Waals surface area (Å²) in [6, 6.07) is 0. The van der Waals surface area contributed by atoms with Gasteiger partial charge in [-0.2, -0.15) is 0 Å². The lowest BCUT2D eigenvalue weighted by Crippen LogP contribution is -2.29. The molecular weight excluding hydrogens is 160 g/mol. The molecule has 0 spiro atoms. The molecule has 1 aliphatic rings. The van der Waals surface area contributed by atoms with Crippen molar-refractivity contribution in [3.8, 4) is 0 Å². The van der Waals surface area contributed by atoms with E-state index < -0.39 is 0 Å². The number of ketones is 1. The van der Waals surface area contributed by atoms with Crippen molar-refractivity contribution in [2.45, 2.75) is 47.0 Å². The van der Waals surface area contributed by atoms with Gasteiger partial charge < -0.3 is 4.79 Å². The molecule has 0 bridgehead atoms. The first-order valence-electron chi connectivity index (χ1n) is 5.09. The predicted molar refractivity (Wildman–Crippen MR) is 55.6 cm³/mol. The van der Waals surface area contributed by atoms with Crippen molar-refractivity contribution in [1.82, 2.24) is 0 Å². The van der Waals surface area contributed by atoms with Gasteiger partial charge >= 0.3 is 0 Å². The molecular formula is C12H20O. The minimum Gasteiger partial charge on any atom is -0.300 e. The van der Waals surface area contributed by atoms with E-state index >= 15 is 0 Å². The molecule has 0 heterocycles. The molecule has 0 aromatic heterocycles. The van der Waals surface area contributed by atoms with E-state index in [-0.39, 0.29) is 0 Å². The second kappa shape index (κ2) is 3.65. The zero-order valence-corrected chi connectivity index (χ0v) is 9.18. The highest BCUT2D eigenvalue weighted by Crippen LogP contribution is 2.42. The van der Waals surface area contributed by atoms with Crippen LogP contribution in [-0.4, -0.2) is 5.78 Å². The van der Waals surface area contributed by atoms with E-state index in [0.29, 0.717) is 17.1 Å². The monoisotopic (exact) mass is 180 g/mol. The lowest BCUT2D eigenvalue weighted by atomic mass is 9.67. The third-order valence-electron chi connectivity index (χ3n) is 3.24. The van der Waals surface area contributed by atoms with Gasteiger partial charge in [-0.3, -0.25) is 0 Å². The second-order valence-corrected chi connectivity index (χ2v) is 4.93. The van der Waals surface area contributed by atoms with E-state index in [2.05, 4.69) is 26.8 Å². The fraction of sp³-hybridized carbons (Fsp3) is 0.750. The van der Waals surface area contributed by atoms with Crippen LogP contribution in [0.25, 0.3) is 0 Å². The lowest BCUT2D eigenvalue weighted by molar-refractivity contribution is -0.118. The second-order valence-electron chi connectivity index (χ2n) is 4.93. The Morgan fingerprint density at radius 1 is 1.62 bits per heavy atom. The molecule has 0 radical (unpaired) electrons. The molecule has 0 aliphatic heterocycles. The fourth-order valence-corrected chi connectivity index (χ4v) is 2.33. The van der Waals surface area contributed by atoms with Gasteiger partial charge in [-0.1, -0.05) is 25.5 Å². The number of hydrogen-bond acceptors (Lipinski definition) is 1. The Labute approximate surface area is 81.2 Å². The summed E-state index contributed by atoms with van der Waals surface area (Å²) in [6.45, 7) is 8.40. The Balaban J connectivity index is 2.81. The minimum atomic E-state index is 0.310. The van der Waals surface area contributed by atoms with Crippen molar-refractivity contribution in [3.05, 3.63) is 11.6 Å². The maximum Gasteiger partial charge on any atom is 0.130 e. The quantitative estimate of drug-likeness (QED) is 0.596. The van der Waals surface area contributed by atoms with Crippen LogP contribution >= 0.6 is 0 Å². The molecule has 0 saturated heterocycles. The Morgan fingerprint density at radius 2 is 2.23 bits per heavy atom. The van der Waals surface area contributed by atoms with Crippen molar-refractivity contribution < 1.29 is 4.79 Å². The smallest absolute Gasteiger partial charge is 0.130 e. The van der Waals surface area contributed by atoms with Gasteiger partial charge in [0.05, 0.1) is 0 Å². The Morgan fingerprint density at radius 3 is 2.69 bits per heavy atom. The number of rotatable bonds is 2.